The average molecular weight is 280 g/mol. The van der Waals surface area contributed by atoms with Gasteiger partial charge in [-0.2, -0.15) is 0 Å². The van der Waals surface area contributed by atoms with Crippen molar-refractivity contribution >= 4 is 31.5 Å². The van der Waals surface area contributed by atoms with Crippen LogP contribution in [0.3, 0.4) is 0 Å². The van der Waals surface area contributed by atoms with E-state index < -0.39 is 0 Å². The first-order valence-corrected chi connectivity index (χ1v) is 7.14. The Morgan fingerprint density at radius 1 is 0.850 bits per heavy atom. The summed E-state index contributed by atoms with van der Waals surface area (Å²) in [5, 5.41) is 1.29. The molecule has 1 aromatic heterocycles. The van der Waals surface area contributed by atoms with Gasteiger partial charge in [0.25, 0.3) is 0 Å². The molecule has 0 amide bonds. The highest BCUT2D eigenvalue weighted by atomic mass is 32.1. The van der Waals surface area contributed by atoms with Crippen LogP contribution in [0.2, 0.25) is 0 Å². The number of benzene rings is 3. The van der Waals surface area contributed by atoms with Crippen LogP contribution < -0.4 is 0 Å². The Balaban J connectivity index is 2.36. The number of rotatable bonds is 1. The van der Waals surface area contributed by atoms with Crippen LogP contribution in [0.4, 0.5) is 0 Å². The Morgan fingerprint density at radius 2 is 1.55 bits per heavy atom. The van der Waals surface area contributed by atoms with E-state index in [9.17, 15) is 0 Å². The van der Waals surface area contributed by atoms with Gasteiger partial charge in [0.1, 0.15) is 0 Å². The van der Waals surface area contributed by atoms with Crippen LogP contribution in [-0.2, 0) is 0 Å². The minimum atomic E-state index is -0.149. The van der Waals surface area contributed by atoms with Gasteiger partial charge < -0.3 is 0 Å². The molecule has 0 atom stereocenters. The van der Waals surface area contributed by atoms with Crippen molar-refractivity contribution < 1.29 is 8.22 Å². The zero-order valence-corrected chi connectivity index (χ0v) is 11.6. The van der Waals surface area contributed by atoms with Gasteiger partial charge in [-0.1, -0.05) is 54.5 Å². The van der Waals surface area contributed by atoms with Crippen LogP contribution in [0, 0.1) is 6.92 Å². The second kappa shape index (κ2) is 4.46. The van der Waals surface area contributed by atoms with E-state index >= 15 is 0 Å². The van der Waals surface area contributed by atoms with Gasteiger partial charge >= 0.3 is 0 Å². The lowest BCUT2D eigenvalue weighted by Gasteiger charge is -2.05. The maximum atomic E-state index is 8.46. The number of hydrogen-bond donors (Lipinski definition) is 0. The molecule has 0 radical (unpaired) electrons. The molecule has 0 saturated carbocycles. The molecule has 20 heavy (non-hydrogen) atoms. The largest absolute Gasteiger partial charge is 0.135 e. The molecule has 0 nitrogen and oxygen atoms in total. The summed E-state index contributed by atoms with van der Waals surface area (Å²) in [5.74, 6) is 0. The number of fused-ring (bicyclic) bond motifs is 3. The van der Waals surface area contributed by atoms with Gasteiger partial charge in [-0.3, -0.25) is 0 Å². The minimum Gasteiger partial charge on any atom is -0.135 e. The van der Waals surface area contributed by atoms with Crippen molar-refractivity contribution in [2.24, 2.45) is 0 Å². The molecule has 3 aromatic carbocycles. The fourth-order valence-electron chi connectivity index (χ4n) is 2.48. The van der Waals surface area contributed by atoms with Gasteiger partial charge in [0.05, 0.1) is 8.22 Å². The van der Waals surface area contributed by atoms with E-state index in [1.807, 2.05) is 30.3 Å². The monoisotopic (exact) mass is 280 g/mol. The van der Waals surface area contributed by atoms with Crippen LogP contribution in [0.15, 0.2) is 66.6 Å². The van der Waals surface area contributed by atoms with Crippen molar-refractivity contribution in [3.63, 3.8) is 0 Å². The summed E-state index contributed by atoms with van der Waals surface area (Å²) >= 11 is 1.20. The van der Waals surface area contributed by atoms with Crippen LogP contribution in [0.25, 0.3) is 31.3 Å². The average Bonchev–Trinajstić information content (AvgIpc) is 3.04. The lowest BCUT2D eigenvalue weighted by molar-refractivity contribution is 1.55. The van der Waals surface area contributed by atoms with Crippen molar-refractivity contribution in [2.45, 2.75) is 6.92 Å². The summed E-state index contributed by atoms with van der Waals surface area (Å²) in [6.07, 6.45) is 0. The summed E-state index contributed by atoms with van der Waals surface area (Å²) < 4.78 is 50.5. The first-order chi connectivity index (χ1) is 12.3. The maximum Gasteiger partial charge on any atom is 0.0638 e. The third kappa shape index (κ3) is 1.67. The molecular weight excluding hydrogens is 260 g/mol. The van der Waals surface area contributed by atoms with Crippen molar-refractivity contribution in [1.29, 1.82) is 0 Å². The quantitative estimate of drug-likeness (QED) is 0.399. The molecule has 4 rings (SSSR count). The Bertz CT molecular complexity index is 1190. The van der Waals surface area contributed by atoms with Crippen molar-refractivity contribution in [3.05, 3.63) is 72.1 Å². The summed E-state index contributed by atoms with van der Waals surface area (Å²) in [6.45, 7) is 1.74. The smallest absolute Gasteiger partial charge is 0.0638 e. The third-order valence-electron chi connectivity index (χ3n) is 3.39. The van der Waals surface area contributed by atoms with Gasteiger partial charge in [0.2, 0.25) is 0 Å². The van der Waals surface area contributed by atoms with Gasteiger partial charge in [-0.15, -0.1) is 11.3 Å². The minimum absolute atomic E-state index is 0.00535. The molecule has 0 bridgehead atoms. The van der Waals surface area contributed by atoms with Crippen molar-refractivity contribution in [2.75, 3.05) is 0 Å². The number of thiophene rings is 1. The Morgan fingerprint density at radius 3 is 2.35 bits per heavy atom. The second-order valence-corrected chi connectivity index (χ2v) is 5.65. The van der Waals surface area contributed by atoms with E-state index in [1.165, 1.54) is 11.3 Å². The molecule has 0 unspecified atom stereocenters. The topological polar surface area (TPSA) is 0 Å². The third-order valence-corrected chi connectivity index (χ3v) is 4.41. The van der Waals surface area contributed by atoms with Gasteiger partial charge in [-0.05, 0) is 35.7 Å². The van der Waals surface area contributed by atoms with Crippen LogP contribution >= 0.6 is 11.3 Å². The molecule has 0 aliphatic carbocycles. The SMILES string of the molecule is [2H]c1c([2H])c(C)c2c(sc3c([2H])c([2H])c([2H])c(-c4ccccc4)c32)c1[2H]. The van der Waals surface area contributed by atoms with Crippen molar-refractivity contribution in [3.8, 4) is 11.1 Å². The molecule has 1 heterocycles. The van der Waals surface area contributed by atoms with Gasteiger partial charge in [0, 0.05) is 20.2 Å². The standard InChI is InChI=1S/C19H14S/c1-13-7-5-11-16-18(13)19-15(10-6-12-17(19)20-16)14-8-3-2-4-9-14/h2-12H,1H3/i5D,6D,7D,10D,11D,12D. The summed E-state index contributed by atoms with van der Waals surface area (Å²) in [5.41, 5.74) is 1.89. The lowest BCUT2D eigenvalue weighted by Crippen LogP contribution is -1.80. The molecule has 4 aromatic rings. The zero-order valence-electron chi connectivity index (χ0n) is 16.8. The molecule has 0 N–H and O–H groups in total. The normalized spacial score (nSPS) is 15.4. The predicted molar refractivity (Wildman–Crippen MR) is 89.5 cm³/mol. The molecule has 0 aliphatic rings. The molecule has 0 spiro atoms. The summed E-state index contributed by atoms with van der Waals surface area (Å²) in [6, 6.07) is 8.91. The van der Waals surface area contributed by atoms with E-state index in [4.69, 9.17) is 8.22 Å². The van der Waals surface area contributed by atoms with E-state index in [0.717, 1.165) is 5.56 Å². The first kappa shape index (κ1) is 7.05. The van der Waals surface area contributed by atoms with Crippen molar-refractivity contribution in [1.82, 2.24) is 0 Å². The molecule has 96 valence electrons. The van der Waals surface area contributed by atoms with Gasteiger partial charge in [-0.25, -0.2) is 0 Å². The molecule has 0 fully saturated rings. The zero-order chi connectivity index (χ0) is 18.7. The molecular formula is C19H14S. The second-order valence-electron chi connectivity index (χ2n) is 4.63. The first-order valence-electron chi connectivity index (χ1n) is 9.32. The fraction of sp³-hybridized carbons (Fsp3) is 0.0526. The highest BCUT2D eigenvalue weighted by Crippen LogP contribution is 2.41. The van der Waals surface area contributed by atoms with E-state index in [1.54, 1.807) is 6.92 Å². The summed E-state index contributed by atoms with van der Waals surface area (Å²) in [4.78, 5) is 0. The molecule has 1 heteroatoms. The highest BCUT2D eigenvalue weighted by Gasteiger charge is 2.11. The highest BCUT2D eigenvalue weighted by molar-refractivity contribution is 7.26. The van der Waals surface area contributed by atoms with Crippen LogP contribution in [0.5, 0.6) is 0 Å². The summed E-state index contributed by atoms with van der Waals surface area (Å²) in [7, 11) is 0. The van der Waals surface area contributed by atoms with E-state index in [0.29, 0.717) is 31.3 Å². The molecule has 0 aliphatic heterocycles. The predicted octanol–water partition coefficient (Wildman–Crippen LogP) is 6.03. The van der Waals surface area contributed by atoms with E-state index in [2.05, 4.69) is 0 Å². The van der Waals surface area contributed by atoms with E-state index in [-0.39, 0.29) is 36.3 Å². The number of hydrogen-bond acceptors (Lipinski definition) is 1. The Labute approximate surface area is 130 Å². The number of aryl methyl sites for hydroxylation is 1. The molecule has 0 saturated heterocycles. The fourth-order valence-corrected chi connectivity index (χ4v) is 3.55. The maximum absolute atomic E-state index is 8.46. The van der Waals surface area contributed by atoms with Gasteiger partial charge in [0.15, 0.2) is 0 Å². The Kier molecular flexibility index (Phi) is 1.57. The van der Waals surface area contributed by atoms with Crippen LogP contribution in [0.1, 0.15) is 13.8 Å². The lowest BCUT2D eigenvalue weighted by atomic mass is 9.98. The Hall–Kier alpha value is -2.12. The van der Waals surface area contributed by atoms with Crippen LogP contribution in [-0.4, -0.2) is 0 Å².